The molecule has 0 fully saturated rings. The number of hydrogen-bond donors (Lipinski definition) is 1. The number of halogens is 3. The van der Waals surface area contributed by atoms with Gasteiger partial charge in [-0.25, -0.2) is 4.98 Å². The second-order valence-electron chi connectivity index (χ2n) is 7.68. The minimum Gasteiger partial charge on any atom is -0.506 e. The molecule has 0 aliphatic heterocycles. The van der Waals surface area contributed by atoms with Crippen molar-refractivity contribution >= 4 is 102 Å². The van der Waals surface area contributed by atoms with Gasteiger partial charge in [0, 0.05) is 20.4 Å². The minimum absolute atomic E-state index is 0.109. The number of benzene rings is 4. The molecule has 1 atom stereocenters. The topological polar surface area (TPSA) is 45.5 Å². The second kappa shape index (κ2) is 11.2. The smallest absolute Gasteiger partial charge is 0.152 e. The van der Waals surface area contributed by atoms with E-state index in [0.29, 0.717) is 5.56 Å². The Morgan fingerprint density at radius 2 is 1.69 bits per heavy atom. The van der Waals surface area contributed by atoms with Crippen molar-refractivity contribution in [1.29, 1.82) is 0 Å². The summed E-state index contributed by atoms with van der Waals surface area (Å²) >= 11 is 13.9. The van der Waals surface area contributed by atoms with E-state index in [0.717, 1.165) is 32.4 Å². The quantitative estimate of drug-likeness (QED) is 0.107. The molecule has 0 bridgehead atoms. The van der Waals surface area contributed by atoms with E-state index in [2.05, 4.69) is 86.6 Å². The third kappa shape index (κ3) is 6.02. The van der Waals surface area contributed by atoms with Crippen molar-refractivity contribution in [3.05, 3.63) is 114 Å². The number of aromatic nitrogens is 1. The summed E-state index contributed by atoms with van der Waals surface area (Å²) in [7, 11) is 0. The van der Waals surface area contributed by atoms with Crippen LogP contribution in [0, 0.1) is 7.14 Å². The van der Waals surface area contributed by atoms with Crippen LogP contribution in [0.5, 0.6) is 5.75 Å². The van der Waals surface area contributed by atoms with Crippen molar-refractivity contribution in [2.24, 2.45) is 4.99 Å². The van der Waals surface area contributed by atoms with Crippen LogP contribution in [0.3, 0.4) is 0 Å². The van der Waals surface area contributed by atoms with Gasteiger partial charge >= 0.3 is 0 Å². The summed E-state index contributed by atoms with van der Waals surface area (Å²) in [6.07, 6.45) is 1.71. The number of rotatable bonds is 6. The summed E-state index contributed by atoms with van der Waals surface area (Å²) in [5.74, 6) is 0.251. The van der Waals surface area contributed by atoms with E-state index in [1.807, 2.05) is 48.5 Å². The second-order valence-corrected chi connectivity index (χ2v) is 12.9. The molecule has 35 heavy (non-hydrogen) atoms. The molecule has 4 aromatic carbocycles. The van der Waals surface area contributed by atoms with Gasteiger partial charge in [0.25, 0.3) is 0 Å². The van der Waals surface area contributed by atoms with E-state index in [4.69, 9.17) is 16.6 Å². The first-order valence-corrected chi connectivity index (χ1v) is 14.8. The number of phenolic OH excluding ortho intramolecular Hbond substituents is 1. The van der Waals surface area contributed by atoms with Gasteiger partial charge in [-0.15, -0.1) is 11.3 Å². The number of hydrogen-bond acceptors (Lipinski definition) is 5. The molecule has 5 rings (SSSR count). The van der Waals surface area contributed by atoms with Crippen LogP contribution in [0.25, 0.3) is 10.2 Å². The standard InChI is InChI=1S/C27H17ClI2N2OS2/c28-19-8-6-17(7-9-19)26(16-4-2-1-3-5-16)35-27-32-23-11-10-21(14-24(23)34-27)31-15-18-12-20(29)13-22(30)25(18)33/h1-15,26,33H/t26-/m0/s1. The molecular formula is C27H17ClI2N2OS2. The largest absolute Gasteiger partial charge is 0.506 e. The fourth-order valence-electron chi connectivity index (χ4n) is 3.55. The maximum Gasteiger partial charge on any atom is 0.152 e. The van der Waals surface area contributed by atoms with E-state index < -0.39 is 0 Å². The van der Waals surface area contributed by atoms with Gasteiger partial charge in [-0.3, -0.25) is 4.99 Å². The van der Waals surface area contributed by atoms with Crippen molar-refractivity contribution in [1.82, 2.24) is 4.98 Å². The zero-order valence-corrected chi connectivity index (χ0v) is 24.7. The van der Waals surface area contributed by atoms with Gasteiger partial charge in [0.05, 0.1) is 24.7 Å². The molecule has 0 unspecified atom stereocenters. The molecule has 0 aliphatic carbocycles. The number of thiazole rings is 1. The lowest BCUT2D eigenvalue weighted by Gasteiger charge is -2.16. The fraction of sp³-hybridized carbons (Fsp3) is 0.0370. The Balaban J connectivity index is 1.44. The van der Waals surface area contributed by atoms with Crippen LogP contribution in [0.15, 0.2) is 94.3 Å². The monoisotopic (exact) mass is 738 g/mol. The zero-order chi connectivity index (χ0) is 24.4. The lowest BCUT2D eigenvalue weighted by Crippen LogP contribution is -1.96. The first-order chi connectivity index (χ1) is 17.0. The van der Waals surface area contributed by atoms with Gasteiger partial charge in [-0.05, 0) is 98.8 Å². The molecule has 0 saturated carbocycles. The lowest BCUT2D eigenvalue weighted by molar-refractivity contribution is 0.470. The normalized spacial score (nSPS) is 12.4. The molecule has 8 heteroatoms. The molecule has 3 nitrogen and oxygen atoms in total. The Morgan fingerprint density at radius 1 is 0.943 bits per heavy atom. The summed E-state index contributed by atoms with van der Waals surface area (Å²) in [5, 5.41) is 11.2. The number of nitrogens with zero attached hydrogens (tertiary/aromatic N) is 2. The number of thioether (sulfide) groups is 1. The number of phenols is 1. The van der Waals surface area contributed by atoms with Crippen LogP contribution >= 0.6 is 79.9 Å². The highest BCUT2D eigenvalue weighted by Crippen LogP contribution is 2.43. The van der Waals surface area contributed by atoms with E-state index in [1.54, 1.807) is 29.3 Å². The third-order valence-corrected chi connectivity index (χ3v) is 9.38. The molecule has 1 N–H and O–H groups in total. The van der Waals surface area contributed by atoms with Crippen LogP contribution < -0.4 is 0 Å². The predicted octanol–water partition coefficient (Wildman–Crippen LogP) is 9.50. The Morgan fingerprint density at radius 3 is 2.46 bits per heavy atom. The highest BCUT2D eigenvalue weighted by atomic mass is 127. The van der Waals surface area contributed by atoms with E-state index >= 15 is 0 Å². The summed E-state index contributed by atoms with van der Waals surface area (Å²) in [6.45, 7) is 0. The Hall–Kier alpha value is -1.66. The maximum absolute atomic E-state index is 10.3. The average molecular weight is 739 g/mol. The Bertz CT molecular complexity index is 1520. The molecule has 0 radical (unpaired) electrons. The molecule has 0 aliphatic rings. The van der Waals surface area contributed by atoms with Crippen molar-refractivity contribution < 1.29 is 5.11 Å². The summed E-state index contributed by atoms with van der Waals surface area (Å²) < 4.78 is 3.94. The molecule has 5 aromatic rings. The number of aliphatic imine (C=N–C) groups is 1. The number of fused-ring (bicyclic) bond motifs is 1. The highest BCUT2D eigenvalue weighted by Gasteiger charge is 2.18. The van der Waals surface area contributed by atoms with Gasteiger partial charge in [-0.1, -0.05) is 65.8 Å². The van der Waals surface area contributed by atoms with Crippen molar-refractivity contribution in [2.45, 2.75) is 9.59 Å². The SMILES string of the molecule is Oc1c(I)cc(I)cc1C=Nc1ccc2nc(S[C@@H](c3ccccc3)c3ccc(Cl)cc3)sc2c1. The average Bonchev–Trinajstić information content (AvgIpc) is 3.27. The van der Waals surface area contributed by atoms with Crippen LogP contribution in [-0.2, 0) is 0 Å². The van der Waals surface area contributed by atoms with E-state index in [-0.39, 0.29) is 11.0 Å². The van der Waals surface area contributed by atoms with Crippen molar-refractivity contribution in [3.8, 4) is 5.75 Å². The van der Waals surface area contributed by atoms with Gasteiger partial charge in [-0.2, -0.15) is 0 Å². The van der Waals surface area contributed by atoms with Crippen LogP contribution in [0.1, 0.15) is 21.9 Å². The first-order valence-electron chi connectivity index (χ1n) is 10.6. The van der Waals surface area contributed by atoms with Gasteiger partial charge in [0.1, 0.15) is 5.75 Å². The Labute approximate surface area is 244 Å². The molecule has 0 saturated heterocycles. The molecule has 0 amide bonds. The lowest BCUT2D eigenvalue weighted by atomic mass is 10.0. The summed E-state index contributed by atoms with van der Waals surface area (Å²) in [4.78, 5) is 9.49. The summed E-state index contributed by atoms with van der Waals surface area (Å²) in [5.41, 5.74) is 4.88. The third-order valence-electron chi connectivity index (χ3n) is 5.26. The van der Waals surface area contributed by atoms with Crippen LogP contribution in [0.2, 0.25) is 5.02 Å². The first kappa shape index (κ1) is 25.0. The number of aromatic hydroxyl groups is 1. The highest BCUT2D eigenvalue weighted by molar-refractivity contribution is 14.1. The predicted molar refractivity (Wildman–Crippen MR) is 166 cm³/mol. The van der Waals surface area contributed by atoms with Crippen molar-refractivity contribution in [2.75, 3.05) is 0 Å². The zero-order valence-electron chi connectivity index (χ0n) is 18.0. The summed E-state index contributed by atoms with van der Waals surface area (Å²) in [6, 6.07) is 28.3. The van der Waals surface area contributed by atoms with E-state index in [1.165, 1.54) is 11.1 Å². The van der Waals surface area contributed by atoms with Crippen molar-refractivity contribution in [3.63, 3.8) is 0 Å². The molecule has 1 heterocycles. The van der Waals surface area contributed by atoms with Gasteiger partial charge in [0.2, 0.25) is 0 Å². The Kier molecular flexibility index (Phi) is 7.98. The van der Waals surface area contributed by atoms with Gasteiger partial charge < -0.3 is 5.11 Å². The molecule has 1 aromatic heterocycles. The molecule has 0 spiro atoms. The van der Waals surface area contributed by atoms with E-state index in [9.17, 15) is 5.11 Å². The molecular weight excluding hydrogens is 722 g/mol. The molecule has 174 valence electrons. The minimum atomic E-state index is 0.109. The maximum atomic E-state index is 10.3. The fourth-order valence-corrected chi connectivity index (χ4v) is 7.98. The van der Waals surface area contributed by atoms with Gasteiger partial charge in [0.15, 0.2) is 4.34 Å². The van der Waals surface area contributed by atoms with Crippen LogP contribution in [-0.4, -0.2) is 16.3 Å². The van der Waals surface area contributed by atoms with Crippen LogP contribution in [0.4, 0.5) is 5.69 Å².